The molecule has 9 heteroatoms. The number of hydrogen-bond donors (Lipinski definition) is 1. The highest BCUT2D eigenvalue weighted by molar-refractivity contribution is 7.89. The molecule has 0 radical (unpaired) electrons. The first-order valence-electron chi connectivity index (χ1n) is 6.91. The van der Waals surface area contributed by atoms with E-state index < -0.39 is 16.0 Å². The van der Waals surface area contributed by atoms with E-state index in [2.05, 4.69) is 9.46 Å². The Morgan fingerprint density at radius 2 is 1.88 bits per heavy atom. The highest BCUT2D eigenvalue weighted by atomic mass is 32.2. The summed E-state index contributed by atoms with van der Waals surface area (Å²) in [5, 5.41) is 1.52. The molecular formula is C15H17NO6S2. The van der Waals surface area contributed by atoms with Gasteiger partial charge in [0.1, 0.15) is 16.4 Å². The largest absolute Gasteiger partial charge is 0.493 e. The Kier molecular flexibility index (Phi) is 6.18. The highest BCUT2D eigenvalue weighted by Gasteiger charge is 2.24. The molecule has 1 heterocycles. The first kappa shape index (κ1) is 18.2. The zero-order valence-electron chi connectivity index (χ0n) is 13.1. The van der Waals surface area contributed by atoms with E-state index in [1.165, 1.54) is 25.7 Å². The molecule has 0 spiro atoms. The van der Waals surface area contributed by atoms with Crippen molar-refractivity contribution < 1.29 is 27.4 Å². The van der Waals surface area contributed by atoms with Crippen molar-refractivity contribution in [2.75, 3.05) is 27.4 Å². The number of esters is 1. The lowest BCUT2D eigenvalue weighted by atomic mass is 10.3. The molecule has 7 nitrogen and oxygen atoms in total. The maximum absolute atomic E-state index is 12.3. The summed E-state index contributed by atoms with van der Waals surface area (Å²) in [7, 11) is -1.10. The van der Waals surface area contributed by atoms with E-state index in [0.717, 1.165) is 11.3 Å². The van der Waals surface area contributed by atoms with E-state index in [4.69, 9.17) is 9.47 Å². The number of thiophene rings is 1. The van der Waals surface area contributed by atoms with Crippen LogP contribution in [0.5, 0.6) is 11.5 Å². The van der Waals surface area contributed by atoms with Crippen molar-refractivity contribution in [1.29, 1.82) is 0 Å². The van der Waals surface area contributed by atoms with Crippen molar-refractivity contribution in [3.63, 3.8) is 0 Å². The summed E-state index contributed by atoms with van der Waals surface area (Å²) in [4.78, 5) is 11.5. The molecule has 2 aromatic rings. The third-order valence-corrected chi connectivity index (χ3v) is 5.54. The zero-order chi connectivity index (χ0) is 17.6. The van der Waals surface area contributed by atoms with Crippen LogP contribution in [0.1, 0.15) is 9.67 Å². The number of hydrogen-bond acceptors (Lipinski definition) is 7. The van der Waals surface area contributed by atoms with Gasteiger partial charge >= 0.3 is 5.97 Å². The van der Waals surface area contributed by atoms with Crippen molar-refractivity contribution in [3.8, 4) is 11.5 Å². The summed E-state index contributed by atoms with van der Waals surface area (Å²) in [6, 6.07) is 8.42. The topological polar surface area (TPSA) is 90.9 Å². The van der Waals surface area contributed by atoms with E-state index in [0.29, 0.717) is 11.5 Å². The van der Waals surface area contributed by atoms with Crippen molar-refractivity contribution in [1.82, 2.24) is 4.72 Å². The van der Waals surface area contributed by atoms with Gasteiger partial charge in [0.2, 0.25) is 10.0 Å². The Morgan fingerprint density at radius 1 is 1.17 bits per heavy atom. The molecule has 0 aliphatic rings. The second-order valence-electron chi connectivity index (χ2n) is 4.50. The fourth-order valence-electron chi connectivity index (χ4n) is 1.90. The average molecular weight is 371 g/mol. The van der Waals surface area contributed by atoms with Gasteiger partial charge in [0, 0.05) is 6.54 Å². The molecule has 24 heavy (non-hydrogen) atoms. The maximum Gasteiger partial charge on any atom is 0.349 e. The molecule has 0 bridgehead atoms. The molecule has 0 aliphatic heterocycles. The van der Waals surface area contributed by atoms with E-state index in [-0.39, 0.29) is 22.9 Å². The van der Waals surface area contributed by atoms with Crippen molar-refractivity contribution in [2.45, 2.75) is 4.90 Å². The normalized spacial score (nSPS) is 11.1. The molecule has 1 N–H and O–H groups in total. The van der Waals surface area contributed by atoms with Crippen LogP contribution in [0, 0.1) is 0 Å². The van der Waals surface area contributed by atoms with Gasteiger partial charge in [0.15, 0.2) is 11.5 Å². The number of carbonyl (C=O) groups is 1. The molecule has 130 valence electrons. The van der Waals surface area contributed by atoms with Crippen LogP contribution in [0.4, 0.5) is 0 Å². The summed E-state index contributed by atoms with van der Waals surface area (Å²) < 4.78 is 42.2. The molecular weight excluding hydrogens is 354 g/mol. The predicted molar refractivity (Wildman–Crippen MR) is 89.3 cm³/mol. The van der Waals surface area contributed by atoms with Gasteiger partial charge < -0.3 is 14.2 Å². The molecule has 0 amide bonds. The number of benzene rings is 1. The standard InChI is InChI=1S/C15H17NO6S2/c1-20-11-5-3-4-6-12(11)22-9-8-16-24(18,19)13-7-10-23-14(13)15(17)21-2/h3-7,10,16H,8-9H2,1-2H3. The van der Waals surface area contributed by atoms with Crippen LogP contribution in [0.2, 0.25) is 0 Å². The Labute approximate surface area is 144 Å². The van der Waals surface area contributed by atoms with Crippen LogP contribution in [0.3, 0.4) is 0 Å². The van der Waals surface area contributed by atoms with Gasteiger partial charge in [-0.25, -0.2) is 17.9 Å². The lowest BCUT2D eigenvalue weighted by Gasteiger charge is -2.11. The lowest BCUT2D eigenvalue weighted by molar-refractivity contribution is 0.0602. The van der Waals surface area contributed by atoms with Gasteiger partial charge in [-0.2, -0.15) is 0 Å². The smallest absolute Gasteiger partial charge is 0.349 e. The van der Waals surface area contributed by atoms with Crippen LogP contribution >= 0.6 is 11.3 Å². The Balaban J connectivity index is 1.96. The van der Waals surface area contributed by atoms with Crippen molar-refractivity contribution in [2.24, 2.45) is 0 Å². The third-order valence-electron chi connectivity index (χ3n) is 3.01. The highest BCUT2D eigenvalue weighted by Crippen LogP contribution is 2.25. The molecule has 0 saturated heterocycles. The molecule has 0 atom stereocenters. The predicted octanol–water partition coefficient (Wildman–Crippen LogP) is 1.90. The maximum atomic E-state index is 12.3. The van der Waals surface area contributed by atoms with Gasteiger partial charge in [0.05, 0.1) is 14.2 Å². The zero-order valence-corrected chi connectivity index (χ0v) is 14.8. The number of ether oxygens (including phenoxy) is 3. The fraction of sp³-hybridized carbons (Fsp3) is 0.267. The van der Waals surface area contributed by atoms with E-state index in [1.807, 2.05) is 0 Å². The number of rotatable bonds is 8. The number of para-hydroxylation sites is 2. The molecule has 2 rings (SSSR count). The van der Waals surface area contributed by atoms with Crippen LogP contribution in [0.25, 0.3) is 0 Å². The second kappa shape index (κ2) is 8.13. The lowest BCUT2D eigenvalue weighted by Crippen LogP contribution is -2.29. The minimum absolute atomic E-state index is 0.0376. The Hall–Kier alpha value is -2.10. The number of methoxy groups -OCH3 is 2. The third kappa shape index (κ3) is 4.25. The number of nitrogens with one attached hydrogen (secondary N) is 1. The van der Waals surface area contributed by atoms with Crippen molar-refractivity contribution in [3.05, 3.63) is 40.6 Å². The number of carbonyl (C=O) groups excluding carboxylic acids is 1. The minimum Gasteiger partial charge on any atom is -0.493 e. The van der Waals surface area contributed by atoms with Gasteiger partial charge in [0.25, 0.3) is 0 Å². The monoisotopic (exact) mass is 371 g/mol. The second-order valence-corrected chi connectivity index (χ2v) is 7.15. The van der Waals surface area contributed by atoms with E-state index in [9.17, 15) is 13.2 Å². The van der Waals surface area contributed by atoms with Gasteiger partial charge in [-0.1, -0.05) is 12.1 Å². The van der Waals surface area contributed by atoms with Crippen LogP contribution in [0.15, 0.2) is 40.6 Å². The summed E-state index contributed by atoms with van der Waals surface area (Å²) in [6.45, 7) is 0.147. The fourth-order valence-corrected chi connectivity index (χ4v) is 4.25. The van der Waals surface area contributed by atoms with Gasteiger partial charge in [-0.05, 0) is 23.6 Å². The first-order chi connectivity index (χ1) is 11.5. The van der Waals surface area contributed by atoms with Gasteiger partial charge in [-0.15, -0.1) is 11.3 Å². The SMILES string of the molecule is COC(=O)c1sccc1S(=O)(=O)NCCOc1ccccc1OC. The molecule has 1 aromatic carbocycles. The Bertz CT molecular complexity index is 800. The van der Waals surface area contributed by atoms with Crippen LogP contribution < -0.4 is 14.2 Å². The van der Waals surface area contributed by atoms with Crippen LogP contribution in [-0.2, 0) is 14.8 Å². The minimum atomic E-state index is -3.82. The van der Waals surface area contributed by atoms with E-state index >= 15 is 0 Å². The van der Waals surface area contributed by atoms with Gasteiger partial charge in [-0.3, -0.25) is 0 Å². The molecule has 0 unspecified atom stereocenters. The van der Waals surface area contributed by atoms with Crippen molar-refractivity contribution >= 4 is 27.3 Å². The summed E-state index contributed by atoms with van der Waals surface area (Å²) in [6.07, 6.45) is 0. The molecule has 1 aromatic heterocycles. The molecule has 0 saturated carbocycles. The summed E-state index contributed by atoms with van der Waals surface area (Å²) in [5.74, 6) is 0.395. The summed E-state index contributed by atoms with van der Waals surface area (Å²) >= 11 is 1.01. The number of sulfonamides is 1. The molecule has 0 fully saturated rings. The Morgan fingerprint density at radius 3 is 2.54 bits per heavy atom. The summed E-state index contributed by atoms with van der Waals surface area (Å²) in [5.41, 5.74) is 0. The average Bonchev–Trinajstić information content (AvgIpc) is 3.09. The van der Waals surface area contributed by atoms with Crippen LogP contribution in [-0.4, -0.2) is 41.8 Å². The first-order valence-corrected chi connectivity index (χ1v) is 9.27. The molecule has 0 aliphatic carbocycles. The van der Waals surface area contributed by atoms with E-state index in [1.54, 1.807) is 24.3 Å². The quantitative estimate of drug-likeness (QED) is 0.563.